The van der Waals surface area contributed by atoms with Gasteiger partial charge in [0.05, 0.1) is 42.6 Å². The third-order valence-electron chi connectivity index (χ3n) is 10.5. The highest BCUT2D eigenvalue weighted by Gasteiger charge is 2.24. The van der Waals surface area contributed by atoms with Gasteiger partial charge in [0.15, 0.2) is 0 Å². The summed E-state index contributed by atoms with van der Waals surface area (Å²) in [6, 6.07) is 8.24. The van der Waals surface area contributed by atoms with E-state index in [0.717, 1.165) is 89.4 Å². The van der Waals surface area contributed by atoms with Crippen LogP contribution in [0, 0.1) is 13.8 Å². The Morgan fingerprint density at radius 3 is 1.81 bits per heavy atom. The Hall–Kier alpha value is -4.88. The summed E-state index contributed by atoms with van der Waals surface area (Å²) < 4.78 is 16.9. The molecule has 3 aromatic rings. The minimum Gasteiger partial charge on any atom is -0.460 e. The number of esters is 1. The van der Waals surface area contributed by atoms with Gasteiger partial charge in [-0.15, -0.1) is 0 Å². The molecular formula is C46H60BN5O6. The third kappa shape index (κ3) is 11.2. The van der Waals surface area contributed by atoms with Gasteiger partial charge >= 0.3 is 13.0 Å². The first-order valence-corrected chi connectivity index (χ1v) is 20.3. The number of Topliss-reactive ketones (excluding diaryl/α,β-unsaturated/α-hetero) is 1. The van der Waals surface area contributed by atoms with Crippen LogP contribution in [0.3, 0.4) is 0 Å². The van der Waals surface area contributed by atoms with Crippen molar-refractivity contribution in [1.29, 1.82) is 0 Å². The number of allylic oxidation sites excluding steroid dienone is 4. The Morgan fingerprint density at radius 1 is 0.741 bits per heavy atom. The molecule has 3 aromatic heterocycles. The molecular weight excluding hydrogens is 729 g/mol. The number of H-pyrrole nitrogens is 2. The molecule has 0 unspecified atom stereocenters. The van der Waals surface area contributed by atoms with Crippen LogP contribution in [0.5, 0.6) is 0 Å². The maximum Gasteiger partial charge on any atom is 0.373 e. The Balaban J connectivity index is 1.50. The first-order valence-electron chi connectivity index (χ1n) is 20.3. The number of hydrogen-bond donors (Lipinski definition) is 4. The fraction of sp³-hybridized carbons (Fsp3) is 0.435. The minimum atomic E-state index is -0.587. The summed E-state index contributed by atoms with van der Waals surface area (Å²) in [5.74, 6) is -0.110. The lowest BCUT2D eigenvalue weighted by Gasteiger charge is -2.19. The molecule has 0 radical (unpaired) electrons. The standard InChI is InChI=1S/C46H60BN5O6/c1-11-33-28(3)37-24-38-30(5)35(16-15-32(53)14-13-20-56-22-23-57-21-19-48-47(10)55)43(51-38)27-44-36(17-18-45(54)58-46(7,8)9)31(6)40(52-44)26-42-34(12-2)29(4)39(50-42)25-41(33)49-37/h11-12,24-27,48-50,55H,1-2,13-23H2,3-10H3. The maximum absolute atomic E-state index is 13.2. The van der Waals surface area contributed by atoms with E-state index in [0.29, 0.717) is 65.1 Å². The number of aromatic amines is 2. The van der Waals surface area contributed by atoms with Gasteiger partial charge in [0.25, 0.3) is 0 Å². The van der Waals surface area contributed by atoms with E-state index in [1.54, 1.807) is 6.82 Å². The number of nitrogens with zero attached hydrogens (tertiary/aromatic N) is 2. The van der Waals surface area contributed by atoms with E-state index in [1.165, 1.54) is 0 Å². The summed E-state index contributed by atoms with van der Waals surface area (Å²) >= 11 is 0. The molecule has 0 amide bonds. The van der Waals surface area contributed by atoms with E-state index in [4.69, 9.17) is 24.2 Å². The zero-order valence-corrected chi connectivity index (χ0v) is 35.6. The molecule has 308 valence electrons. The number of carbonyl (C=O) groups excluding carboxylic acids is 2. The maximum atomic E-state index is 13.2. The number of hydrogen-bond acceptors (Lipinski definition) is 9. The van der Waals surface area contributed by atoms with Crippen molar-refractivity contribution in [1.82, 2.24) is 25.2 Å². The fourth-order valence-corrected chi connectivity index (χ4v) is 7.35. The van der Waals surface area contributed by atoms with Crippen molar-refractivity contribution in [2.75, 3.05) is 33.0 Å². The molecule has 0 aromatic carbocycles. The molecule has 58 heavy (non-hydrogen) atoms. The molecule has 0 spiro atoms. The number of ketones is 1. The van der Waals surface area contributed by atoms with Gasteiger partial charge in [-0.1, -0.05) is 25.3 Å². The molecule has 5 heterocycles. The molecule has 5 rings (SSSR count). The number of fused-ring (bicyclic) bond motifs is 8. The van der Waals surface area contributed by atoms with Crippen molar-refractivity contribution < 1.29 is 28.8 Å². The van der Waals surface area contributed by atoms with Crippen molar-refractivity contribution in [2.24, 2.45) is 0 Å². The van der Waals surface area contributed by atoms with Gasteiger partial charge < -0.3 is 34.4 Å². The molecule has 11 nitrogen and oxygen atoms in total. The second kappa shape index (κ2) is 19.7. The second-order valence-electron chi connectivity index (χ2n) is 16.0. The molecule has 0 saturated heterocycles. The van der Waals surface area contributed by atoms with Crippen LogP contribution < -0.4 is 5.23 Å². The average molecular weight is 790 g/mol. The van der Waals surface area contributed by atoms with Crippen molar-refractivity contribution in [3.63, 3.8) is 0 Å². The smallest absolute Gasteiger partial charge is 0.373 e. The molecule has 0 fully saturated rings. The summed E-state index contributed by atoms with van der Waals surface area (Å²) in [5.41, 5.74) is 14.2. The molecule has 8 bridgehead atoms. The number of ether oxygens (including phenoxy) is 3. The SMILES string of the molecule is C=Cc1c(C)c2cc3[nH]c(cc4nc(cc5nc(cc1[nH]2)C(C)=C5CCC(=O)OC(C)(C)C)C(CCC(=O)CCCOCCOCCNB(C)O)=C4C)c(C)c3C=C. The zero-order valence-electron chi connectivity index (χ0n) is 35.6. The van der Waals surface area contributed by atoms with Crippen molar-refractivity contribution >= 4 is 75.3 Å². The molecule has 0 saturated carbocycles. The predicted octanol–water partition coefficient (Wildman–Crippen LogP) is 9.06. The van der Waals surface area contributed by atoms with E-state index in [9.17, 15) is 14.6 Å². The van der Waals surface area contributed by atoms with Crippen molar-refractivity contribution in [2.45, 2.75) is 99.4 Å². The Kier molecular flexibility index (Phi) is 15.0. The number of rotatable bonds is 19. The molecule has 12 heteroatoms. The summed E-state index contributed by atoms with van der Waals surface area (Å²) in [6.45, 7) is 26.2. The van der Waals surface area contributed by atoms with Crippen LogP contribution in [0.2, 0.25) is 6.82 Å². The zero-order chi connectivity index (χ0) is 42.1. The van der Waals surface area contributed by atoms with Gasteiger partial charge in [0, 0.05) is 65.6 Å². The summed E-state index contributed by atoms with van der Waals surface area (Å²) in [5, 5.41) is 12.1. The summed E-state index contributed by atoms with van der Waals surface area (Å²) in [7, 11) is -0.563. The minimum absolute atomic E-state index is 0.159. The molecule has 2 aliphatic rings. The quantitative estimate of drug-likeness (QED) is 0.0530. The monoisotopic (exact) mass is 789 g/mol. The summed E-state index contributed by atoms with van der Waals surface area (Å²) in [6.07, 6.45) is 6.31. The van der Waals surface area contributed by atoms with Gasteiger partial charge in [-0.05, 0) is 132 Å². The van der Waals surface area contributed by atoms with Crippen LogP contribution >= 0.6 is 0 Å². The van der Waals surface area contributed by atoms with Gasteiger partial charge in [0.2, 0.25) is 0 Å². The van der Waals surface area contributed by atoms with Gasteiger partial charge in [0.1, 0.15) is 11.4 Å². The highest BCUT2D eigenvalue weighted by atomic mass is 16.6. The largest absolute Gasteiger partial charge is 0.460 e. The van der Waals surface area contributed by atoms with E-state index >= 15 is 0 Å². The lowest BCUT2D eigenvalue weighted by Crippen LogP contribution is -2.33. The van der Waals surface area contributed by atoms with Crippen LogP contribution in [-0.4, -0.2) is 82.3 Å². The number of nitrogens with one attached hydrogen (secondary N) is 3. The predicted molar refractivity (Wildman–Crippen MR) is 238 cm³/mol. The lowest BCUT2D eigenvalue weighted by atomic mass is 9.89. The Morgan fingerprint density at radius 2 is 1.26 bits per heavy atom. The molecule has 2 aliphatic heterocycles. The van der Waals surface area contributed by atoms with Crippen molar-refractivity contribution in [3.8, 4) is 0 Å². The first-order chi connectivity index (χ1) is 27.6. The first kappa shape index (κ1) is 44.2. The molecule has 0 atom stereocenters. The van der Waals surface area contributed by atoms with E-state index in [2.05, 4.69) is 61.3 Å². The molecule has 0 aliphatic carbocycles. The van der Waals surface area contributed by atoms with Crippen LogP contribution in [0.4, 0.5) is 0 Å². The summed E-state index contributed by atoms with van der Waals surface area (Å²) in [4.78, 5) is 43.8. The number of aromatic nitrogens is 4. The number of carbonyl (C=O) groups is 2. The van der Waals surface area contributed by atoms with Gasteiger partial charge in [-0.2, -0.15) is 0 Å². The average Bonchev–Trinajstić information content (AvgIpc) is 3.82. The Labute approximate surface area is 343 Å². The van der Waals surface area contributed by atoms with E-state index < -0.39 is 12.7 Å². The van der Waals surface area contributed by atoms with Crippen LogP contribution in [0.1, 0.15) is 118 Å². The van der Waals surface area contributed by atoms with E-state index in [-0.39, 0.29) is 18.2 Å². The highest BCUT2D eigenvalue weighted by Crippen LogP contribution is 2.38. The Bertz CT molecular complexity index is 2270. The topological polar surface area (TPSA) is 151 Å². The van der Waals surface area contributed by atoms with Crippen LogP contribution in [0.25, 0.3) is 56.5 Å². The van der Waals surface area contributed by atoms with E-state index in [1.807, 2.05) is 52.0 Å². The van der Waals surface area contributed by atoms with Gasteiger partial charge in [-0.3, -0.25) is 9.59 Å². The van der Waals surface area contributed by atoms with Gasteiger partial charge in [-0.25, -0.2) is 9.97 Å². The van der Waals surface area contributed by atoms with Crippen LogP contribution in [-0.2, 0) is 23.8 Å². The normalized spacial score (nSPS) is 13.0. The van der Waals surface area contributed by atoms with Crippen LogP contribution in [0.15, 0.2) is 37.4 Å². The second-order valence-corrected chi connectivity index (χ2v) is 16.0. The fourth-order valence-electron chi connectivity index (χ4n) is 7.35. The van der Waals surface area contributed by atoms with Crippen molar-refractivity contribution in [3.05, 3.63) is 82.5 Å². The number of aryl methyl sites for hydroxylation is 2. The highest BCUT2D eigenvalue weighted by molar-refractivity contribution is 6.45. The third-order valence-corrected chi connectivity index (χ3v) is 10.5. The molecule has 4 N–H and O–H groups in total. The lowest BCUT2D eigenvalue weighted by molar-refractivity contribution is -0.154.